The van der Waals surface area contributed by atoms with E-state index in [2.05, 4.69) is 25.1 Å². The van der Waals surface area contributed by atoms with Gasteiger partial charge in [-0.1, -0.05) is 0 Å². The van der Waals surface area contributed by atoms with E-state index in [0.29, 0.717) is 18.3 Å². The van der Waals surface area contributed by atoms with Gasteiger partial charge in [0.05, 0.1) is 12.2 Å². The predicted octanol–water partition coefficient (Wildman–Crippen LogP) is 1.67. The van der Waals surface area contributed by atoms with Gasteiger partial charge < -0.3 is 20.4 Å². The smallest absolute Gasteiger partial charge is 0.217 e. The first kappa shape index (κ1) is 21.6. The number of likely N-dealkylation sites (tertiary alicyclic amines) is 2. The van der Waals surface area contributed by atoms with Crippen LogP contribution in [-0.2, 0) is 11.3 Å². The van der Waals surface area contributed by atoms with Crippen molar-refractivity contribution in [3.8, 4) is 0 Å². The van der Waals surface area contributed by atoms with Gasteiger partial charge in [0.2, 0.25) is 11.8 Å². The van der Waals surface area contributed by atoms with Gasteiger partial charge in [0.15, 0.2) is 5.96 Å². The number of primary amides is 1. The van der Waals surface area contributed by atoms with Crippen molar-refractivity contribution >= 4 is 11.9 Å². The van der Waals surface area contributed by atoms with Crippen LogP contribution in [0.15, 0.2) is 9.41 Å². The Labute approximate surface area is 173 Å². The second-order valence-electron chi connectivity index (χ2n) is 8.52. The zero-order chi connectivity index (χ0) is 20.8. The van der Waals surface area contributed by atoms with Crippen LogP contribution in [0, 0.1) is 25.7 Å². The molecule has 2 fully saturated rings. The third-order valence-corrected chi connectivity index (χ3v) is 6.21. The minimum atomic E-state index is -0.207. The lowest BCUT2D eigenvalue weighted by Gasteiger charge is -2.36. The fourth-order valence-corrected chi connectivity index (χ4v) is 4.42. The number of aliphatic imine (C=N–C) groups is 1. The molecule has 2 aliphatic rings. The van der Waals surface area contributed by atoms with Crippen LogP contribution in [0.1, 0.15) is 49.4 Å². The number of guanidine groups is 1. The van der Waals surface area contributed by atoms with Crippen molar-refractivity contribution in [1.82, 2.24) is 20.1 Å². The highest BCUT2D eigenvalue weighted by Crippen LogP contribution is 2.21. The summed E-state index contributed by atoms with van der Waals surface area (Å²) in [6.45, 7) is 9.67. The van der Waals surface area contributed by atoms with E-state index >= 15 is 0 Å². The van der Waals surface area contributed by atoms with Gasteiger partial charge in [-0.05, 0) is 64.5 Å². The molecule has 0 aromatic carbocycles. The zero-order valence-corrected chi connectivity index (χ0v) is 18.1. The zero-order valence-electron chi connectivity index (χ0n) is 18.1. The largest absolute Gasteiger partial charge is 0.444 e. The van der Waals surface area contributed by atoms with Crippen LogP contribution >= 0.6 is 0 Å². The summed E-state index contributed by atoms with van der Waals surface area (Å²) in [5.74, 6) is 3.47. The first-order chi connectivity index (χ1) is 13.9. The summed E-state index contributed by atoms with van der Waals surface area (Å²) in [5.41, 5.74) is 6.37. The van der Waals surface area contributed by atoms with Crippen molar-refractivity contribution in [3.05, 3.63) is 17.3 Å². The molecular weight excluding hydrogens is 368 g/mol. The number of aryl methyl sites for hydroxylation is 2. The minimum absolute atomic E-state index is 0.207. The topological polar surface area (TPSA) is 100.0 Å². The molecule has 3 N–H and O–H groups in total. The van der Waals surface area contributed by atoms with E-state index in [1.165, 1.54) is 0 Å². The maximum atomic E-state index is 11.2. The monoisotopic (exact) mass is 404 g/mol. The van der Waals surface area contributed by atoms with Gasteiger partial charge in [0.1, 0.15) is 5.76 Å². The summed E-state index contributed by atoms with van der Waals surface area (Å²) in [5, 5.41) is 3.57. The number of piperidine rings is 2. The summed E-state index contributed by atoms with van der Waals surface area (Å²) >= 11 is 0. The Morgan fingerprint density at radius 1 is 1.24 bits per heavy atom. The number of aromatic nitrogens is 1. The second kappa shape index (κ2) is 10.1. The van der Waals surface area contributed by atoms with E-state index in [9.17, 15) is 4.79 Å². The summed E-state index contributed by atoms with van der Waals surface area (Å²) in [6, 6.07) is 0. The van der Waals surface area contributed by atoms with E-state index < -0.39 is 0 Å². The molecule has 0 spiro atoms. The maximum absolute atomic E-state index is 11.2. The Hall–Kier alpha value is -2.09. The number of nitrogens with zero attached hydrogens (tertiary/aromatic N) is 4. The van der Waals surface area contributed by atoms with E-state index in [1.807, 2.05) is 20.9 Å². The van der Waals surface area contributed by atoms with Crippen LogP contribution in [0.5, 0.6) is 0 Å². The number of carbonyl (C=O) groups is 1. The number of oxazole rings is 1. The number of amides is 1. The van der Waals surface area contributed by atoms with Gasteiger partial charge in [-0.3, -0.25) is 14.7 Å². The van der Waals surface area contributed by atoms with Crippen LogP contribution in [0.25, 0.3) is 0 Å². The maximum Gasteiger partial charge on any atom is 0.217 e. The van der Waals surface area contributed by atoms with E-state index in [0.717, 1.165) is 88.3 Å². The molecule has 29 heavy (non-hydrogen) atoms. The van der Waals surface area contributed by atoms with Gasteiger partial charge >= 0.3 is 0 Å². The Morgan fingerprint density at radius 3 is 2.62 bits per heavy atom. The summed E-state index contributed by atoms with van der Waals surface area (Å²) in [4.78, 5) is 24.9. The molecule has 0 bridgehead atoms. The van der Waals surface area contributed by atoms with Crippen molar-refractivity contribution in [3.63, 3.8) is 0 Å². The number of carbonyl (C=O) groups excluding carboxylic acids is 1. The average molecular weight is 405 g/mol. The molecule has 3 rings (SSSR count). The molecule has 1 aromatic heterocycles. The van der Waals surface area contributed by atoms with Crippen molar-refractivity contribution in [2.45, 2.75) is 52.5 Å². The highest BCUT2D eigenvalue weighted by molar-refractivity contribution is 5.80. The first-order valence-electron chi connectivity index (χ1n) is 10.8. The molecule has 1 unspecified atom stereocenters. The van der Waals surface area contributed by atoms with Crippen molar-refractivity contribution in [2.24, 2.45) is 22.6 Å². The molecular formula is C21H36N6O2. The number of hydrogen-bond acceptors (Lipinski definition) is 5. The average Bonchev–Trinajstić information content (AvgIpc) is 3.00. The lowest BCUT2D eigenvalue weighted by atomic mass is 9.94. The molecule has 2 saturated heterocycles. The molecule has 0 aliphatic carbocycles. The lowest BCUT2D eigenvalue weighted by molar-refractivity contribution is -0.119. The molecule has 8 heteroatoms. The fourth-order valence-electron chi connectivity index (χ4n) is 4.42. The molecule has 3 heterocycles. The van der Waals surface area contributed by atoms with E-state index in [-0.39, 0.29) is 5.91 Å². The van der Waals surface area contributed by atoms with Gasteiger partial charge in [-0.25, -0.2) is 4.98 Å². The van der Waals surface area contributed by atoms with Crippen LogP contribution in [0.2, 0.25) is 0 Å². The summed E-state index contributed by atoms with van der Waals surface area (Å²) < 4.78 is 5.72. The minimum Gasteiger partial charge on any atom is -0.444 e. The molecule has 1 aromatic rings. The lowest BCUT2D eigenvalue weighted by Crippen LogP contribution is -2.48. The summed E-state index contributed by atoms with van der Waals surface area (Å²) in [7, 11) is 1.84. The van der Waals surface area contributed by atoms with Crippen molar-refractivity contribution in [2.75, 3.05) is 39.8 Å². The van der Waals surface area contributed by atoms with E-state index in [4.69, 9.17) is 10.2 Å². The van der Waals surface area contributed by atoms with Gasteiger partial charge in [0.25, 0.3) is 0 Å². The number of rotatable bonds is 6. The van der Waals surface area contributed by atoms with Crippen molar-refractivity contribution in [1.29, 1.82) is 0 Å². The molecule has 8 nitrogen and oxygen atoms in total. The number of nitrogens with one attached hydrogen (secondary N) is 1. The van der Waals surface area contributed by atoms with Crippen LogP contribution < -0.4 is 11.1 Å². The second-order valence-corrected chi connectivity index (χ2v) is 8.52. The van der Waals surface area contributed by atoms with Crippen LogP contribution in [-0.4, -0.2) is 66.4 Å². The standard InChI is InChI=1S/C21H36N6O2/c1-15-16(2)29-20(25-15)14-26-9-6-17(7-10-26)12-24-21(23-3)27-8-4-5-18(13-27)11-19(22)28/h17-18H,4-14H2,1-3H3,(H2,22,28)(H,23,24). The van der Waals surface area contributed by atoms with E-state index in [1.54, 1.807) is 0 Å². The molecule has 162 valence electrons. The quantitative estimate of drug-likeness (QED) is 0.553. The number of hydrogen-bond donors (Lipinski definition) is 2. The highest BCUT2D eigenvalue weighted by atomic mass is 16.4. The SMILES string of the molecule is CN=C(NCC1CCN(Cc2nc(C)c(C)o2)CC1)N1CCCC(CC(N)=O)C1. The Bertz CT molecular complexity index is 689. The molecule has 1 atom stereocenters. The molecule has 1 amide bonds. The third-order valence-electron chi connectivity index (χ3n) is 6.21. The normalized spacial score (nSPS) is 22.1. The van der Waals surface area contributed by atoms with Gasteiger partial charge in [-0.2, -0.15) is 0 Å². The Balaban J connectivity index is 1.41. The van der Waals surface area contributed by atoms with Gasteiger partial charge in [-0.15, -0.1) is 0 Å². The Morgan fingerprint density at radius 2 is 2.00 bits per heavy atom. The first-order valence-corrected chi connectivity index (χ1v) is 10.8. The predicted molar refractivity (Wildman–Crippen MR) is 113 cm³/mol. The Kier molecular flexibility index (Phi) is 7.52. The summed E-state index contributed by atoms with van der Waals surface area (Å²) in [6.07, 6.45) is 4.94. The highest BCUT2D eigenvalue weighted by Gasteiger charge is 2.25. The third kappa shape index (κ3) is 6.19. The van der Waals surface area contributed by atoms with Crippen LogP contribution in [0.3, 0.4) is 0 Å². The van der Waals surface area contributed by atoms with Crippen molar-refractivity contribution < 1.29 is 9.21 Å². The molecule has 0 radical (unpaired) electrons. The number of nitrogens with two attached hydrogens (primary N) is 1. The van der Waals surface area contributed by atoms with Crippen LogP contribution in [0.4, 0.5) is 0 Å². The molecule has 2 aliphatic heterocycles. The van der Waals surface area contributed by atoms with Gasteiger partial charge in [0, 0.05) is 33.1 Å². The fraction of sp³-hybridized carbons (Fsp3) is 0.762. The molecule has 0 saturated carbocycles.